The molecule has 7 heteroatoms. The number of rotatable bonds is 4. The van der Waals surface area contributed by atoms with Gasteiger partial charge >= 0.3 is 6.61 Å². The molecular formula is C18H15F2N3O2. The normalized spacial score (nSPS) is 11.9. The lowest BCUT2D eigenvalue weighted by Gasteiger charge is -2.06. The summed E-state index contributed by atoms with van der Waals surface area (Å²) < 4.78 is 35.8. The number of halogens is 2. The molecule has 0 radical (unpaired) electrons. The van der Waals surface area contributed by atoms with Crippen LogP contribution in [-0.2, 0) is 0 Å². The van der Waals surface area contributed by atoms with Gasteiger partial charge in [0.25, 0.3) is 0 Å². The molecule has 1 aromatic carbocycles. The van der Waals surface area contributed by atoms with E-state index in [1.165, 1.54) is 6.07 Å². The van der Waals surface area contributed by atoms with Crippen LogP contribution in [0, 0.1) is 0 Å². The fourth-order valence-electron chi connectivity index (χ4n) is 2.78. The summed E-state index contributed by atoms with van der Waals surface area (Å²) in [6, 6.07) is 6.82. The number of H-pyrrole nitrogens is 1. The highest BCUT2D eigenvalue weighted by Gasteiger charge is 2.19. The zero-order valence-electron chi connectivity index (χ0n) is 13.6. The summed E-state index contributed by atoms with van der Waals surface area (Å²) in [4.78, 5) is 11.8. The number of pyridine rings is 1. The number of hydrogen-bond donors (Lipinski definition) is 1. The van der Waals surface area contributed by atoms with Gasteiger partial charge in [-0.05, 0) is 24.3 Å². The van der Waals surface area contributed by atoms with Gasteiger partial charge in [-0.1, -0.05) is 13.8 Å². The Balaban J connectivity index is 1.94. The lowest BCUT2D eigenvalue weighted by Crippen LogP contribution is -2.02. The Morgan fingerprint density at radius 2 is 2.04 bits per heavy atom. The van der Waals surface area contributed by atoms with Crippen LogP contribution < -0.4 is 4.74 Å². The Kier molecular flexibility index (Phi) is 3.63. The first-order valence-corrected chi connectivity index (χ1v) is 7.84. The molecule has 0 atom stereocenters. The number of fused-ring (bicyclic) bond motifs is 2. The summed E-state index contributed by atoms with van der Waals surface area (Å²) in [6.45, 7) is 1.02. The van der Waals surface area contributed by atoms with Gasteiger partial charge in [0.2, 0.25) is 0 Å². The first-order valence-electron chi connectivity index (χ1n) is 7.84. The van der Waals surface area contributed by atoms with Crippen LogP contribution in [0.3, 0.4) is 0 Å². The van der Waals surface area contributed by atoms with E-state index in [0.29, 0.717) is 22.6 Å². The van der Waals surface area contributed by atoms with Crippen molar-refractivity contribution in [1.29, 1.82) is 0 Å². The molecule has 0 spiro atoms. The predicted octanol–water partition coefficient (Wildman–Crippen LogP) is 5.10. The lowest BCUT2D eigenvalue weighted by atomic mass is 10.1. The number of hydrogen-bond acceptors (Lipinski definition) is 4. The largest absolute Gasteiger partial charge is 0.457 e. The van der Waals surface area contributed by atoms with E-state index in [1.54, 1.807) is 24.5 Å². The number of nitrogens with one attached hydrogen (secondary N) is 1. The molecule has 25 heavy (non-hydrogen) atoms. The summed E-state index contributed by atoms with van der Waals surface area (Å²) in [7, 11) is 0. The average Bonchev–Trinajstić information content (AvgIpc) is 3.19. The highest BCUT2D eigenvalue weighted by molar-refractivity contribution is 5.97. The van der Waals surface area contributed by atoms with Crippen molar-refractivity contribution in [3.8, 4) is 17.1 Å². The molecule has 3 aromatic heterocycles. The van der Waals surface area contributed by atoms with Gasteiger partial charge in [0.15, 0.2) is 11.3 Å². The third-order valence-electron chi connectivity index (χ3n) is 3.99. The second kappa shape index (κ2) is 5.84. The van der Waals surface area contributed by atoms with E-state index >= 15 is 0 Å². The smallest absolute Gasteiger partial charge is 0.387 e. The highest BCUT2D eigenvalue weighted by Crippen LogP contribution is 2.38. The van der Waals surface area contributed by atoms with Crippen LogP contribution in [0.5, 0.6) is 5.75 Å². The van der Waals surface area contributed by atoms with Crippen LogP contribution >= 0.6 is 0 Å². The van der Waals surface area contributed by atoms with E-state index in [2.05, 4.69) is 19.7 Å². The minimum Gasteiger partial charge on any atom is -0.457 e. The van der Waals surface area contributed by atoms with E-state index in [4.69, 9.17) is 4.42 Å². The van der Waals surface area contributed by atoms with Crippen molar-refractivity contribution >= 4 is 22.0 Å². The van der Waals surface area contributed by atoms with E-state index in [0.717, 1.165) is 16.6 Å². The molecule has 4 aromatic rings. The highest BCUT2D eigenvalue weighted by atomic mass is 19.3. The Morgan fingerprint density at radius 3 is 2.76 bits per heavy atom. The number of imidazole rings is 1. The van der Waals surface area contributed by atoms with E-state index in [-0.39, 0.29) is 11.7 Å². The van der Waals surface area contributed by atoms with E-state index < -0.39 is 6.61 Å². The van der Waals surface area contributed by atoms with E-state index in [9.17, 15) is 8.78 Å². The molecule has 0 bridgehead atoms. The minimum absolute atomic E-state index is 0.0124. The Morgan fingerprint density at radius 1 is 1.20 bits per heavy atom. The molecule has 128 valence electrons. The number of benzene rings is 1. The van der Waals surface area contributed by atoms with Crippen LogP contribution in [0.2, 0.25) is 0 Å². The molecule has 0 aliphatic carbocycles. The molecule has 0 amide bonds. The molecule has 0 saturated carbocycles. The van der Waals surface area contributed by atoms with Crippen molar-refractivity contribution in [1.82, 2.24) is 15.0 Å². The van der Waals surface area contributed by atoms with Crippen LogP contribution in [-0.4, -0.2) is 21.6 Å². The predicted molar refractivity (Wildman–Crippen MR) is 89.8 cm³/mol. The topological polar surface area (TPSA) is 63.9 Å². The van der Waals surface area contributed by atoms with E-state index in [1.807, 2.05) is 19.9 Å². The summed E-state index contributed by atoms with van der Waals surface area (Å²) in [6.07, 6.45) is 3.35. The summed E-state index contributed by atoms with van der Waals surface area (Å²) in [5.74, 6) is 1.44. The zero-order chi connectivity index (χ0) is 17.6. The minimum atomic E-state index is -2.92. The van der Waals surface area contributed by atoms with Crippen LogP contribution in [0.15, 0.2) is 41.1 Å². The fourth-order valence-corrected chi connectivity index (χ4v) is 2.78. The maximum absolute atomic E-state index is 12.7. The third-order valence-corrected chi connectivity index (χ3v) is 3.99. The second-order valence-corrected chi connectivity index (χ2v) is 6.01. The molecule has 0 aliphatic heterocycles. The first kappa shape index (κ1) is 15.6. The van der Waals surface area contributed by atoms with Gasteiger partial charge in [-0.25, -0.2) is 4.98 Å². The van der Waals surface area contributed by atoms with Gasteiger partial charge in [-0.15, -0.1) is 0 Å². The number of furan rings is 1. The van der Waals surface area contributed by atoms with Gasteiger partial charge in [-0.3, -0.25) is 4.98 Å². The Labute approximate surface area is 141 Å². The van der Waals surface area contributed by atoms with Gasteiger partial charge in [0.1, 0.15) is 11.6 Å². The molecule has 0 fully saturated rings. The maximum Gasteiger partial charge on any atom is 0.387 e. The SMILES string of the molecule is CC(C)c1cc2c(-c3nc4ccncc4[nH]3)ccc(OC(F)F)c2o1. The third kappa shape index (κ3) is 2.71. The van der Waals surface area contributed by atoms with Gasteiger partial charge < -0.3 is 14.1 Å². The monoisotopic (exact) mass is 343 g/mol. The first-order chi connectivity index (χ1) is 12.0. The van der Waals surface area contributed by atoms with Crippen molar-refractivity contribution in [2.75, 3.05) is 0 Å². The quantitative estimate of drug-likeness (QED) is 0.560. The van der Waals surface area contributed by atoms with Crippen molar-refractivity contribution in [2.24, 2.45) is 0 Å². The van der Waals surface area contributed by atoms with Crippen molar-refractivity contribution in [3.05, 3.63) is 42.4 Å². The lowest BCUT2D eigenvalue weighted by molar-refractivity contribution is -0.0494. The Hall–Kier alpha value is -2.96. The summed E-state index contributed by atoms with van der Waals surface area (Å²) in [5, 5.41) is 0.675. The van der Waals surface area contributed by atoms with Crippen molar-refractivity contribution < 1.29 is 17.9 Å². The van der Waals surface area contributed by atoms with Crippen LogP contribution in [0.1, 0.15) is 25.5 Å². The number of aromatic amines is 1. The summed E-state index contributed by atoms with van der Waals surface area (Å²) >= 11 is 0. The maximum atomic E-state index is 12.7. The molecule has 1 N–H and O–H groups in total. The molecule has 5 nitrogen and oxygen atoms in total. The molecule has 0 saturated heterocycles. The van der Waals surface area contributed by atoms with Crippen molar-refractivity contribution in [3.63, 3.8) is 0 Å². The molecule has 0 unspecified atom stereocenters. The number of aromatic nitrogens is 3. The van der Waals surface area contributed by atoms with Gasteiger partial charge in [0.05, 0.1) is 17.2 Å². The Bertz CT molecular complexity index is 1020. The molecule has 0 aliphatic rings. The zero-order valence-corrected chi connectivity index (χ0v) is 13.6. The molecule has 3 heterocycles. The summed E-state index contributed by atoms with van der Waals surface area (Å²) in [5.41, 5.74) is 2.62. The van der Waals surface area contributed by atoms with Gasteiger partial charge in [-0.2, -0.15) is 8.78 Å². The van der Waals surface area contributed by atoms with Crippen LogP contribution in [0.25, 0.3) is 33.4 Å². The standard InChI is InChI=1S/C18H15F2N3O2/c1-9(2)15-7-11-10(3-4-14(16(11)24-15)25-18(19)20)17-22-12-5-6-21-8-13(12)23-17/h3-9,18H,1-2H3,(H,22,23). The second-order valence-electron chi connectivity index (χ2n) is 6.01. The number of ether oxygens (including phenoxy) is 1. The van der Waals surface area contributed by atoms with Gasteiger partial charge in [0, 0.05) is 23.1 Å². The molecule has 4 rings (SSSR count). The number of nitrogens with zero attached hydrogens (tertiary/aromatic N) is 2. The van der Waals surface area contributed by atoms with Crippen LogP contribution in [0.4, 0.5) is 8.78 Å². The molecular weight excluding hydrogens is 328 g/mol. The average molecular weight is 343 g/mol. The van der Waals surface area contributed by atoms with Crippen molar-refractivity contribution in [2.45, 2.75) is 26.4 Å². The fraction of sp³-hybridized carbons (Fsp3) is 0.222. The number of alkyl halides is 2.